The summed E-state index contributed by atoms with van der Waals surface area (Å²) in [7, 11) is 1.79. The zero-order valence-electron chi connectivity index (χ0n) is 13.8. The predicted octanol–water partition coefficient (Wildman–Crippen LogP) is 3.87. The normalized spacial score (nSPS) is 20.4. The van der Waals surface area contributed by atoms with Gasteiger partial charge in [-0.1, -0.05) is 23.2 Å². The van der Waals surface area contributed by atoms with Gasteiger partial charge in [-0.3, -0.25) is 4.99 Å². The zero-order chi connectivity index (χ0) is 16.7. The maximum Gasteiger partial charge on any atom is 0.191 e. The molecule has 0 aliphatic heterocycles. The molecule has 0 spiro atoms. The highest BCUT2D eigenvalue weighted by atomic mass is 127. The third kappa shape index (κ3) is 7.01. The standard InChI is InChI=1S/C15H23Cl2N5S.HI/c1-18-15(22-11-3-4-12(8-11)23-2)20-6-5-19-14-13(17)7-10(16)9-21-14;/h7,9,11-12H,3-6,8H2,1-2H3,(H,19,21)(H2,18,20,22);1H. The first-order valence-electron chi connectivity index (χ1n) is 7.67. The van der Waals surface area contributed by atoms with Gasteiger partial charge < -0.3 is 16.0 Å². The molecule has 1 aliphatic carbocycles. The van der Waals surface area contributed by atoms with Crippen LogP contribution in [0.15, 0.2) is 17.3 Å². The van der Waals surface area contributed by atoms with Crippen molar-refractivity contribution in [1.29, 1.82) is 0 Å². The van der Waals surface area contributed by atoms with Crippen LogP contribution in [0.25, 0.3) is 0 Å². The zero-order valence-corrected chi connectivity index (χ0v) is 18.5. The monoisotopic (exact) mass is 503 g/mol. The summed E-state index contributed by atoms with van der Waals surface area (Å²) in [5, 5.41) is 11.8. The summed E-state index contributed by atoms with van der Waals surface area (Å²) in [4.78, 5) is 8.44. The summed E-state index contributed by atoms with van der Waals surface area (Å²) in [5.74, 6) is 1.48. The Morgan fingerprint density at radius 2 is 2.17 bits per heavy atom. The van der Waals surface area contributed by atoms with Crippen LogP contribution in [-0.4, -0.2) is 48.6 Å². The fourth-order valence-electron chi connectivity index (χ4n) is 2.58. The van der Waals surface area contributed by atoms with E-state index < -0.39 is 0 Å². The van der Waals surface area contributed by atoms with Crippen molar-refractivity contribution in [1.82, 2.24) is 15.6 Å². The van der Waals surface area contributed by atoms with E-state index in [4.69, 9.17) is 23.2 Å². The number of aromatic nitrogens is 1. The lowest BCUT2D eigenvalue weighted by atomic mass is 10.2. The summed E-state index contributed by atoms with van der Waals surface area (Å²) in [6.45, 7) is 1.41. The van der Waals surface area contributed by atoms with Gasteiger partial charge in [0.1, 0.15) is 5.82 Å². The molecule has 2 atom stereocenters. The first-order chi connectivity index (χ1) is 11.1. The molecule has 1 saturated carbocycles. The number of pyridine rings is 1. The molecule has 0 radical (unpaired) electrons. The molecule has 5 nitrogen and oxygen atoms in total. The number of hydrogen-bond acceptors (Lipinski definition) is 4. The summed E-state index contributed by atoms with van der Waals surface area (Å²) < 4.78 is 0. The number of aliphatic imine (C=N–C) groups is 1. The van der Waals surface area contributed by atoms with E-state index in [1.165, 1.54) is 19.3 Å². The maximum absolute atomic E-state index is 6.07. The van der Waals surface area contributed by atoms with Gasteiger partial charge >= 0.3 is 0 Å². The van der Waals surface area contributed by atoms with Gasteiger partial charge in [0.05, 0.1) is 10.0 Å². The molecule has 9 heteroatoms. The number of guanidine groups is 1. The lowest BCUT2D eigenvalue weighted by Crippen LogP contribution is -2.44. The van der Waals surface area contributed by atoms with Crippen molar-refractivity contribution in [3.05, 3.63) is 22.3 Å². The van der Waals surface area contributed by atoms with E-state index in [2.05, 4.69) is 32.2 Å². The smallest absolute Gasteiger partial charge is 0.191 e. The Kier molecular flexibility index (Phi) is 10.5. The van der Waals surface area contributed by atoms with Gasteiger partial charge in [0, 0.05) is 37.6 Å². The number of nitrogens with zero attached hydrogens (tertiary/aromatic N) is 2. The van der Waals surface area contributed by atoms with Crippen molar-refractivity contribution in [3.63, 3.8) is 0 Å². The third-order valence-corrected chi connectivity index (χ3v) is 5.39. The average Bonchev–Trinajstić information content (AvgIpc) is 2.99. The average molecular weight is 504 g/mol. The van der Waals surface area contributed by atoms with Crippen molar-refractivity contribution in [2.75, 3.05) is 31.7 Å². The number of halogens is 3. The number of hydrogen-bond donors (Lipinski definition) is 3. The van der Waals surface area contributed by atoms with Crippen LogP contribution in [-0.2, 0) is 0 Å². The Bertz CT molecular complexity index is 547. The molecule has 24 heavy (non-hydrogen) atoms. The predicted molar refractivity (Wildman–Crippen MR) is 118 cm³/mol. The Balaban J connectivity index is 0.00000288. The molecule has 0 amide bonds. The number of anilines is 1. The van der Waals surface area contributed by atoms with Gasteiger partial charge in [0.25, 0.3) is 0 Å². The van der Waals surface area contributed by atoms with E-state index in [1.54, 1.807) is 19.3 Å². The molecule has 1 fully saturated rings. The maximum atomic E-state index is 6.07. The fraction of sp³-hybridized carbons (Fsp3) is 0.600. The lowest BCUT2D eigenvalue weighted by molar-refractivity contribution is 0.616. The topological polar surface area (TPSA) is 61.3 Å². The largest absolute Gasteiger partial charge is 0.367 e. The molecule has 2 unspecified atom stereocenters. The molecule has 1 aliphatic rings. The summed E-state index contributed by atoms with van der Waals surface area (Å²) in [6, 6.07) is 2.19. The lowest BCUT2D eigenvalue weighted by Gasteiger charge is -2.17. The second-order valence-corrected chi connectivity index (χ2v) is 7.40. The molecule has 0 saturated heterocycles. The van der Waals surface area contributed by atoms with Gasteiger partial charge in [-0.15, -0.1) is 24.0 Å². The Hall–Kier alpha value is -0.120. The highest BCUT2D eigenvalue weighted by molar-refractivity contribution is 14.0. The van der Waals surface area contributed by atoms with E-state index in [0.29, 0.717) is 28.4 Å². The Morgan fingerprint density at radius 3 is 2.79 bits per heavy atom. The van der Waals surface area contributed by atoms with Gasteiger partial charge in [0.2, 0.25) is 0 Å². The molecular formula is C15H24Cl2IN5S. The van der Waals surface area contributed by atoms with Crippen molar-refractivity contribution in [2.24, 2.45) is 4.99 Å². The van der Waals surface area contributed by atoms with Gasteiger partial charge in [-0.05, 0) is 31.6 Å². The molecular weight excluding hydrogens is 480 g/mol. The van der Waals surface area contributed by atoms with Crippen LogP contribution in [0.4, 0.5) is 5.82 Å². The van der Waals surface area contributed by atoms with Crippen LogP contribution in [0, 0.1) is 0 Å². The summed E-state index contributed by atoms with van der Waals surface area (Å²) >= 11 is 13.9. The highest BCUT2D eigenvalue weighted by Gasteiger charge is 2.24. The van der Waals surface area contributed by atoms with Gasteiger partial charge in [-0.25, -0.2) is 4.98 Å². The SMILES string of the molecule is CN=C(NCCNc1ncc(Cl)cc1Cl)NC1CCC(SC)C1.I. The fourth-order valence-corrected chi connectivity index (χ4v) is 3.82. The quantitative estimate of drug-likeness (QED) is 0.238. The van der Waals surface area contributed by atoms with Crippen LogP contribution in [0.3, 0.4) is 0 Å². The summed E-state index contributed by atoms with van der Waals surface area (Å²) in [6.07, 6.45) is 7.44. The van der Waals surface area contributed by atoms with Gasteiger partial charge in [-0.2, -0.15) is 11.8 Å². The van der Waals surface area contributed by atoms with E-state index in [-0.39, 0.29) is 24.0 Å². The van der Waals surface area contributed by atoms with Crippen LogP contribution >= 0.6 is 58.9 Å². The van der Waals surface area contributed by atoms with E-state index in [1.807, 2.05) is 11.8 Å². The second-order valence-electron chi connectivity index (χ2n) is 5.42. The first-order valence-corrected chi connectivity index (χ1v) is 9.71. The van der Waals surface area contributed by atoms with Crippen molar-refractivity contribution in [2.45, 2.75) is 30.6 Å². The number of rotatable bonds is 6. The van der Waals surface area contributed by atoms with Crippen LogP contribution < -0.4 is 16.0 Å². The number of thioether (sulfide) groups is 1. The minimum absolute atomic E-state index is 0. The minimum Gasteiger partial charge on any atom is -0.367 e. The van der Waals surface area contributed by atoms with E-state index >= 15 is 0 Å². The molecule has 2 rings (SSSR count). The second kappa shape index (κ2) is 11.5. The molecule has 0 bridgehead atoms. The minimum atomic E-state index is 0. The Labute approximate surface area is 175 Å². The summed E-state index contributed by atoms with van der Waals surface area (Å²) in [5.41, 5.74) is 0. The first kappa shape index (κ1) is 21.9. The van der Waals surface area contributed by atoms with Crippen molar-refractivity contribution < 1.29 is 0 Å². The van der Waals surface area contributed by atoms with Crippen molar-refractivity contribution >= 4 is 70.7 Å². The molecule has 1 aromatic rings. The van der Waals surface area contributed by atoms with E-state index in [9.17, 15) is 0 Å². The molecule has 1 heterocycles. The van der Waals surface area contributed by atoms with E-state index in [0.717, 1.165) is 17.8 Å². The van der Waals surface area contributed by atoms with Crippen LogP contribution in [0.5, 0.6) is 0 Å². The van der Waals surface area contributed by atoms with Gasteiger partial charge in [0.15, 0.2) is 5.96 Å². The molecule has 3 N–H and O–H groups in total. The van der Waals surface area contributed by atoms with Crippen LogP contribution in [0.1, 0.15) is 19.3 Å². The molecule has 0 aromatic carbocycles. The Morgan fingerprint density at radius 1 is 1.38 bits per heavy atom. The van der Waals surface area contributed by atoms with Crippen LogP contribution in [0.2, 0.25) is 10.0 Å². The molecule has 1 aromatic heterocycles. The molecule has 136 valence electrons. The highest BCUT2D eigenvalue weighted by Crippen LogP contribution is 2.28. The van der Waals surface area contributed by atoms with Crippen molar-refractivity contribution in [3.8, 4) is 0 Å². The number of nitrogens with one attached hydrogen (secondary N) is 3. The third-order valence-electron chi connectivity index (χ3n) is 3.80.